The molecule has 0 fully saturated rings. The van der Waals surface area contributed by atoms with Gasteiger partial charge in [-0.05, 0) is 41.9 Å². The van der Waals surface area contributed by atoms with E-state index in [2.05, 4.69) is 26.2 Å². The molecule has 1 rings (SSSR count). The zero-order chi connectivity index (χ0) is 11.5. The van der Waals surface area contributed by atoms with E-state index in [-0.39, 0.29) is 0 Å². The first-order chi connectivity index (χ1) is 6.92. The number of nitrogens with zero attached hydrogens (tertiary/aromatic N) is 1. The molecular formula is C10H13BrN2O2. The summed E-state index contributed by atoms with van der Waals surface area (Å²) in [5.74, 6) is -0.153. The number of aliphatic carboxylic acids is 1. The largest absolute Gasteiger partial charge is 0.481 e. The monoisotopic (exact) mass is 272 g/mol. The fraction of sp³-hybridized carbons (Fsp3) is 0.400. The highest BCUT2D eigenvalue weighted by Gasteiger charge is 2.26. The number of halogens is 1. The van der Waals surface area contributed by atoms with Crippen molar-refractivity contribution >= 4 is 27.7 Å². The molecule has 0 unspecified atom stereocenters. The summed E-state index contributed by atoms with van der Waals surface area (Å²) in [6.45, 7) is 3.68. The Kier molecular flexibility index (Phi) is 3.68. The zero-order valence-electron chi connectivity index (χ0n) is 8.62. The number of hydrogen-bond donors (Lipinski definition) is 2. The maximum absolute atomic E-state index is 10.8. The van der Waals surface area contributed by atoms with Gasteiger partial charge in [0.1, 0.15) is 5.82 Å². The Labute approximate surface area is 96.8 Å². The summed E-state index contributed by atoms with van der Waals surface area (Å²) in [7, 11) is 0. The maximum atomic E-state index is 10.8. The molecule has 0 aliphatic carbocycles. The third-order valence-corrected chi connectivity index (χ3v) is 2.49. The molecule has 2 N–H and O–H groups in total. The van der Waals surface area contributed by atoms with Gasteiger partial charge >= 0.3 is 5.97 Å². The van der Waals surface area contributed by atoms with Crippen LogP contribution >= 0.6 is 15.9 Å². The van der Waals surface area contributed by atoms with Gasteiger partial charge in [-0.1, -0.05) is 0 Å². The minimum Gasteiger partial charge on any atom is -0.481 e. The van der Waals surface area contributed by atoms with E-state index in [4.69, 9.17) is 5.11 Å². The van der Waals surface area contributed by atoms with Crippen molar-refractivity contribution in [3.63, 3.8) is 0 Å². The molecular weight excluding hydrogens is 260 g/mol. The number of carbonyl (C=O) groups is 1. The van der Waals surface area contributed by atoms with Crippen LogP contribution in [0.4, 0.5) is 5.82 Å². The smallest absolute Gasteiger partial charge is 0.310 e. The number of rotatable bonds is 4. The zero-order valence-corrected chi connectivity index (χ0v) is 10.2. The molecule has 1 heterocycles. The van der Waals surface area contributed by atoms with E-state index < -0.39 is 11.4 Å². The standard InChI is InChI=1S/C10H13BrN2O2/c1-10(2,9(14)15)6-13-8-4-3-7(11)5-12-8/h3-5H,6H2,1-2H3,(H,12,13)(H,14,15). The van der Waals surface area contributed by atoms with Gasteiger partial charge in [0, 0.05) is 17.2 Å². The Morgan fingerprint density at radius 2 is 2.27 bits per heavy atom. The minimum absolute atomic E-state index is 0.344. The molecule has 0 atom stereocenters. The first-order valence-corrected chi connectivity index (χ1v) is 5.30. The van der Waals surface area contributed by atoms with Crippen LogP contribution in [0.15, 0.2) is 22.8 Å². The van der Waals surface area contributed by atoms with E-state index in [1.807, 2.05) is 6.07 Å². The Hall–Kier alpha value is -1.10. The fourth-order valence-corrected chi connectivity index (χ4v) is 1.10. The lowest BCUT2D eigenvalue weighted by Crippen LogP contribution is -2.31. The van der Waals surface area contributed by atoms with E-state index in [0.29, 0.717) is 12.4 Å². The molecule has 0 saturated carbocycles. The predicted octanol–water partition coefficient (Wildman–Crippen LogP) is 2.37. The van der Waals surface area contributed by atoms with Crippen molar-refractivity contribution in [1.82, 2.24) is 4.98 Å². The highest BCUT2D eigenvalue weighted by Crippen LogP contribution is 2.17. The Morgan fingerprint density at radius 1 is 1.60 bits per heavy atom. The van der Waals surface area contributed by atoms with Gasteiger partial charge < -0.3 is 10.4 Å². The first-order valence-electron chi connectivity index (χ1n) is 4.50. The van der Waals surface area contributed by atoms with Crippen LogP contribution in [0, 0.1) is 5.41 Å². The fourth-order valence-electron chi connectivity index (χ4n) is 0.868. The van der Waals surface area contributed by atoms with Crippen molar-refractivity contribution in [1.29, 1.82) is 0 Å². The molecule has 0 amide bonds. The van der Waals surface area contributed by atoms with Crippen LogP contribution in [0.2, 0.25) is 0 Å². The van der Waals surface area contributed by atoms with Crippen LogP contribution in [0.25, 0.3) is 0 Å². The third-order valence-electron chi connectivity index (χ3n) is 2.02. The van der Waals surface area contributed by atoms with Crippen molar-refractivity contribution in [2.45, 2.75) is 13.8 Å². The van der Waals surface area contributed by atoms with Gasteiger partial charge in [-0.15, -0.1) is 0 Å². The van der Waals surface area contributed by atoms with E-state index in [0.717, 1.165) is 4.47 Å². The molecule has 4 nitrogen and oxygen atoms in total. The minimum atomic E-state index is -0.827. The second-order valence-corrected chi connectivity index (χ2v) is 4.82. The summed E-state index contributed by atoms with van der Waals surface area (Å²) in [4.78, 5) is 14.9. The molecule has 0 bridgehead atoms. The quantitative estimate of drug-likeness (QED) is 0.884. The second kappa shape index (κ2) is 4.61. The molecule has 0 saturated heterocycles. The third kappa shape index (κ3) is 3.51. The Balaban J connectivity index is 2.57. The Bertz CT molecular complexity index is 349. The molecule has 1 aromatic heterocycles. The van der Waals surface area contributed by atoms with Crippen LogP contribution in [0.5, 0.6) is 0 Å². The van der Waals surface area contributed by atoms with Gasteiger partial charge in [0.05, 0.1) is 5.41 Å². The Morgan fingerprint density at radius 3 is 2.73 bits per heavy atom. The summed E-state index contributed by atoms with van der Waals surface area (Å²) in [6, 6.07) is 3.64. The lowest BCUT2D eigenvalue weighted by atomic mass is 9.94. The van der Waals surface area contributed by atoms with Gasteiger partial charge in [0.2, 0.25) is 0 Å². The summed E-state index contributed by atoms with van der Waals surface area (Å²) >= 11 is 3.27. The number of carboxylic acid groups (broad SMARTS) is 1. The van der Waals surface area contributed by atoms with Crippen LogP contribution in [0.1, 0.15) is 13.8 Å². The van der Waals surface area contributed by atoms with Gasteiger partial charge in [-0.2, -0.15) is 0 Å². The van der Waals surface area contributed by atoms with Gasteiger partial charge in [0.25, 0.3) is 0 Å². The summed E-state index contributed by atoms with van der Waals surface area (Å²) in [5, 5.41) is 11.9. The molecule has 82 valence electrons. The lowest BCUT2D eigenvalue weighted by Gasteiger charge is -2.19. The topological polar surface area (TPSA) is 62.2 Å². The normalized spacial score (nSPS) is 11.1. The van der Waals surface area contributed by atoms with E-state index in [9.17, 15) is 4.79 Å². The van der Waals surface area contributed by atoms with Crippen LogP contribution in [-0.2, 0) is 4.79 Å². The van der Waals surface area contributed by atoms with E-state index in [1.165, 1.54) is 0 Å². The summed E-state index contributed by atoms with van der Waals surface area (Å²) < 4.78 is 0.894. The molecule has 0 radical (unpaired) electrons. The van der Waals surface area contributed by atoms with Gasteiger partial charge in [-0.25, -0.2) is 4.98 Å². The molecule has 5 heteroatoms. The molecule has 0 aliphatic rings. The van der Waals surface area contributed by atoms with Crippen molar-refractivity contribution in [3.8, 4) is 0 Å². The number of hydrogen-bond acceptors (Lipinski definition) is 3. The highest BCUT2D eigenvalue weighted by molar-refractivity contribution is 9.10. The van der Waals surface area contributed by atoms with Gasteiger partial charge in [-0.3, -0.25) is 4.79 Å². The number of aromatic nitrogens is 1. The molecule has 0 spiro atoms. The number of nitrogens with one attached hydrogen (secondary N) is 1. The van der Waals surface area contributed by atoms with E-state index in [1.54, 1.807) is 26.1 Å². The highest BCUT2D eigenvalue weighted by atomic mass is 79.9. The molecule has 15 heavy (non-hydrogen) atoms. The van der Waals surface area contributed by atoms with Crippen LogP contribution < -0.4 is 5.32 Å². The predicted molar refractivity (Wildman–Crippen MR) is 61.8 cm³/mol. The molecule has 1 aromatic rings. The first kappa shape index (κ1) is 12.0. The number of anilines is 1. The lowest BCUT2D eigenvalue weighted by molar-refractivity contribution is -0.146. The van der Waals surface area contributed by atoms with E-state index >= 15 is 0 Å². The average Bonchev–Trinajstić information content (AvgIpc) is 2.17. The van der Waals surface area contributed by atoms with Crippen molar-refractivity contribution in [2.24, 2.45) is 5.41 Å². The van der Waals surface area contributed by atoms with Crippen molar-refractivity contribution < 1.29 is 9.90 Å². The molecule has 0 aromatic carbocycles. The summed E-state index contributed by atoms with van der Waals surface area (Å²) in [5.41, 5.74) is -0.797. The maximum Gasteiger partial charge on any atom is 0.310 e. The van der Waals surface area contributed by atoms with Crippen molar-refractivity contribution in [2.75, 3.05) is 11.9 Å². The number of pyridine rings is 1. The second-order valence-electron chi connectivity index (χ2n) is 3.90. The summed E-state index contributed by atoms with van der Waals surface area (Å²) in [6.07, 6.45) is 1.66. The SMILES string of the molecule is CC(C)(CNc1ccc(Br)cn1)C(=O)O. The van der Waals surface area contributed by atoms with Gasteiger partial charge in [0.15, 0.2) is 0 Å². The number of carboxylic acids is 1. The molecule has 0 aliphatic heterocycles. The van der Waals surface area contributed by atoms with Crippen LogP contribution in [0.3, 0.4) is 0 Å². The van der Waals surface area contributed by atoms with Crippen LogP contribution in [-0.4, -0.2) is 22.6 Å². The van der Waals surface area contributed by atoms with Crippen molar-refractivity contribution in [3.05, 3.63) is 22.8 Å². The average molecular weight is 273 g/mol.